The monoisotopic (exact) mass is 748 g/mol. The lowest BCUT2D eigenvalue weighted by atomic mass is 9.79. The third-order valence-corrected chi connectivity index (χ3v) is 9.70. The van der Waals surface area contributed by atoms with Crippen molar-refractivity contribution in [3.05, 3.63) is 64.2 Å². The number of nitrogens with zero attached hydrogens (tertiary/aromatic N) is 6. The van der Waals surface area contributed by atoms with Crippen LogP contribution in [-0.2, 0) is 46.4 Å². The van der Waals surface area contributed by atoms with Crippen molar-refractivity contribution in [3.8, 4) is 0 Å². The maximum Gasteiger partial charge on any atom is 0.416 e. The number of fused-ring (bicyclic) bond motifs is 1. The van der Waals surface area contributed by atoms with Crippen molar-refractivity contribution in [1.82, 2.24) is 20.2 Å². The molecule has 1 aliphatic carbocycles. The normalized spacial score (nSPS) is 21.1. The first-order valence-corrected chi connectivity index (χ1v) is 16.7. The molecule has 0 spiro atoms. The summed E-state index contributed by atoms with van der Waals surface area (Å²) >= 11 is 0. The zero-order valence-corrected chi connectivity index (χ0v) is 28.4. The molecular weight excluding hydrogens is 711 g/mol. The molecule has 5 rings (SSSR count). The van der Waals surface area contributed by atoms with Gasteiger partial charge in [0.15, 0.2) is 0 Å². The molecule has 0 N–H and O–H groups in total. The fourth-order valence-electron chi connectivity index (χ4n) is 7.13. The van der Waals surface area contributed by atoms with Crippen molar-refractivity contribution in [1.29, 1.82) is 0 Å². The molecule has 1 fully saturated rings. The van der Waals surface area contributed by atoms with Gasteiger partial charge in [0.25, 0.3) is 5.95 Å². The molecule has 9 nitrogen and oxygen atoms in total. The lowest BCUT2D eigenvalue weighted by Crippen LogP contribution is -2.50. The lowest BCUT2D eigenvalue weighted by Gasteiger charge is -2.46. The second-order valence-electron chi connectivity index (χ2n) is 13.3. The Labute approximate surface area is 293 Å². The third kappa shape index (κ3) is 8.80. The van der Waals surface area contributed by atoms with Crippen LogP contribution in [-0.4, -0.2) is 44.7 Å². The van der Waals surface area contributed by atoms with Gasteiger partial charge in [-0.15, -0.1) is 5.10 Å². The van der Waals surface area contributed by atoms with Crippen LogP contribution >= 0.6 is 0 Å². The standard InChI is InChI=1S/C34H37F9N6O3/c1-4-26-17-29(48(31-44-46-47(3)45-31)18-21-13-24(33(38,39)40)15-25(14-21)34(41,42)43)27-16-23(32(35,36)37)9-10-28(27)49(26)30(51)22-7-5-20(6-8-22)11-12-52-19(2)50/h9-10,13-16,20,22,26,29H,4-8,11-12,17-18H2,1-3H3/t20?,22?,26-,29+/m1/s1. The quantitative estimate of drug-likeness (QED) is 0.161. The molecule has 2 heterocycles. The van der Waals surface area contributed by atoms with Gasteiger partial charge >= 0.3 is 24.5 Å². The zero-order valence-electron chi connectivity index (χ0n) is 28.4. The van der Waals surface area contributed by atoms with Crippen molar-refractivity contribution in [3.63, 3.8) is 0 Å². The van der Waals surface area contributed by atoms with Crippen LogP contribution in [0.2, 0.25) is 0 Å². The average molecular weight is 749 g/mol. The number of tetrazole rings is 1. The third-order valence-electron chi connectivity index (χ3n) is 9.70. The number of amides is 1. The van der Waals surface area contributed by atoms with Crippen molar-refractivity contribution < 1.29 is 53.8 Å². The maximum atomic E-state index is 14.3. The highest BCUT2D eigenvalue weighted by Crippen LogP contribution is 2.47. The molecule has 2 atom stereocenters. The number of alkyl halides is 9. The summed E-state index contributed by atoms with van der Waals surface area (Å²) in [6.45, 7) is 2.68. The van der Waals surface area contributed by atoms with E-state index in [4.69, 9.17) is 4.74 Å². The molecule has 1 aliphatic heterocycles. The summed E-state index contributed by atoms with van der Waals surface area (Å²) < 4.78 is 130. The minimum absolute atomic E-state index is 0.0100. The minimum Gasteiger partial charge on any atom is -0.466 e. The largest absolute Gasteiger partial charge is 0.466 e. The SMILES string of the molecule is CC[C@@H]1C[C@H](N(Cc2cc(C(F)(F)F)cc(C(F)(F)F)c2)c2nnn(C)n2)c2cc(C(F)(F)F)ccc2N1C(=O)C1CCC(CCOC(C)=O)CC1. The summed E-state index contributed by atoms with van der Waals surface area (Å²) in [4.78, 5) is 29.1. The first-order valence-electron chi connectivity index (χ1n) is 16.7. The maximum absolute atomic E-state index is 14.3. The number of rotatable bonds is 9. The Hall–Kier alpha value is -4.38. The Bertz CT molecular complexity index is 1720. The molecule has 1 amide bonds. The van der Waals surface area contributed by atoms with E-state index >= 15 is 0 Å². The van der Waals surface area contributed by atoms with E-state index in [0.29, 0.717) is 50.7 Å². The Morgan fingerprint density at radius 2 is 1.50 bits per heavy atom. The Morgan fingerprint density at radius 3 is 2.02 bits per heavy atom. The zero-order chi connectivity index (χ0) is 38.2. The number of benzene rings is 2. The van der Waals surface area contributed by atoms with E-state index in [1.54, 1.807) is 6.92 Å². The minimum atomic E-state index is -5.14. The number of halogens is 9. The number of carbonyl (C=O) groups is 2. The molecule has 0 radical (unpaired) electrons. The van der Waals surface area contributed by atoms with Crippen LogP contribution in [0.25, 0.3) is 0 Å². The first-order chi connectivity index (χ1) is 24.3. The second kappa shape index (κ2) is 14.9. The lowest BCUT2D eigenvalue weighted by molar-refractivity contribution is -0.143. The van der Waals surface area contributed by atoms with Gasteiger partial charge in [-0.05, 0) is 104 Å². The molecule has 1 aromatic heterocycles. The predicted octanol–water partition coefficient (Wildman–Crippen LogP) is 8.29. The molecule has 2 aromatic carbocycles. The molecule has 18 heteroatoms. The number of aromatic nitrogens is 4. The molecule has 0 bridgehead atoms. The van der Waals surface area contributed by atoms with Gasteiger partial charge in [-0.2, -0.15) is 44.3 Å². The van der Waals surface area contributed by atoms with Crippen LogP contribution < -0.4 is 9.80 Å². The molecule has 0 unspecified atom stereocenters. The van der Waals surface area contributed by atoms with E-state index in [2.05, 4.69) is 15.4 Å². The smallest absolute Gasteiger partial charge is 0.416 e. The number of ether oxygens (including phenoxy) is 1. The van der Waals surface area contributed by atoms with E-state index in [0.717, 1.165) is 16.9 Å². The predicted molar refractivity (Wildman–Crippen MR) is 168 cm³/mol. The van der Waals surface area contributed by atoms with E-state index < -0.39 is 65.3 Å². The van der Waals surface area contributed by atoms with Gasteiger partial charge in [0.1, 0.15) is 0 Å². The fourth-order valence-corrected chi connectivity index (χ4v) is 7.13. The van der Waals surface area contributed by atoms with Gasteiger partial charge in [0, 0.05) is 31.1 Å². The molecule has 3 aromatic rings. The number of esters is 1. The number of hydrogen-bond donors (Lipinski definition) is 0. The van der Waals surface area contributed by atoms with Gasteiger partial charge in [0.05, 0.1) is 36.4 Å². The Kier molecular flexibility index (Phi) is 11.2. The summed E-state index contributed by atoms with van der Waals surface area (Å²) in [5.74, 6) is -1.15. The summed E-state index contributed by atoms with van der Waals surface area (Å²) in [6, 6.07) is 2.22. The summed E-state index contributed by atoms with van der Waals surface area (Å²) in [5.41, 5.74) is -4.49. The molecule has 0 saturated heterocycles. The van der Waals surface area contributed by atoms with Gasteiger partial charge in [-0.25, -0.2) is 0 Å². The van der Waals surface area contributed by atoms with Gasteiger partial charge in [0.2, 0.25) is 5.91 Å². The highest BCUT2D eigenvalue weighted by Gasteiger charge is 2.44. The van der Waals surface area contributed by atoms with Gasteiger partial charge in [-0.3, -0.25) is 9.59 Å². The van der Waals surface area contributed by atoms with Crippen LogP contribution in [0, 0.1) is 11.8 Å². The van der Waals surface area contributed by atoms with Gasteiger partial charge in [-0.1, -0.05) is 12.0 Å². The van der Waals surface area contributed by atoms with Crippen molar-refractivity contribution in [2.24, 2.45) is 18.9 Å². The second-order valence-corrected chi connectivity index (χ2v) is 13.3. The van der Waals surface area contributed by atoms with Crippen molar-refractivity contribution in [2.45, 2.75) is 96.0 Å². The van der Waals surface area contributed by atoms with E-state index in [1.807, 2.05) is 0 Å². The van der Waals surface area contributed by atoms with E-state index in [1.165, 1.54) is 29.8 Å². The molecule has 52 heavy (non-hydrogen) atoms. The summed E-state index contributed by atoms with van der Waals surface area (Å²) in [7, 11) is 1.37. The van der Waals surface area contributed by atoms with E-state index in [9.17, 15) is 49.1 Å². The topological polar surface area (TPSA) is 93.5 Å². The van der Waals surface area contributed by atoms with Crippen molar-refractivity contribution in [2.75, 3.05) is 16.4 Å². The highest BCUT2D eigenvalue weighted by atomic mass is 19.4. The molecule has 2 aliphatic rings. The molecular formula is C34H37F9N6O3. The highest BCUT2D eigenvalue weighted by molar-refractivity contribution is 5.97. The number of hydrogen-bond acceptors (Lipinski definition) is 7. The fraction of sp³-hybridized carbons (Fsp3) is 0.559. The molecule has 284 valence electrons. The first kappa shape index (κ1) is 38.8. The van der Waals surface area contributed by atoms with Crippen molar-refractivity contribution >= 4 is 23.5 Å². The Morgan fingerprint density at radius 1 is 0.885 bits per heavy atom. The van der Waals surface area contributed by atoms with Gasteiger partial charge < -0.3 is 14.5 Å². The van der Waals surface area contributed by atoms with Crippen LogP contribution in [0.5, 0.6) is 0 Å². The Balaban J connectivity index is 1.56. The van der Waals surface area contributed by atoms with Crippen LogP contribution in [0.4, 0.5) is 51.1 Å². The summed E-state index contributed by atoms with van der Waals surface area (Å²) in [6.07, 6.45) is -11.8. The van der Waals surface area contributed by atoms with Crippen LogP contribution in [0.1, 0.15) is 92.7 Å². The van der Waals surface area contributed by atoms with Crippen LogP contribution in [0.3, 0.4) is 0 Å². The number of carbonyl (C=O) groups excluding carboxylic acids is 2. The van der Waals surface area contributed by atoms with E-state index in [-0.39, 0.29) is 54.1 Å². The molecule has 1 saturated carbocycles. The summed E-state index contributed by atoms with van der Waals surface area (Å²) in [5, 5.41) is 11.8. The van der Waals surface area contributed by atoms with Crippen LogP contribution in [0.15, 0.2) is 36.4 Å². The number of aryl methyl sites for hydroxylation is 1. The average Bonchev–Trinajstić information content (AvgIpc) is 3.50. The number of anilines is 2.